The minimum atomic E-state index is -2.62. The standard InChI is InChI=1S/C8H15F2NO/c1-11-5-6-3-2-4-7(6)12-8(9)10/h6-8,11H,2-5H2,1H3. The van der Waals surface area contributed by atoms with E-state index in [2.05, 4.69) is 10.1 Å². The summed E-state index contributed by atoms with van der Waals surface area (Å²) < 4.78 is 28.2. The van der Waals surface area contributed by atoms with Crippen LogP contribution in [0.4, 0.5) is 8.78 Å². The minimum Gasteiger partial charge on any atom is -0.319 e. The maximum atomic E-state index is 11.9. The molecule has 1 saturated carbocycles. The Bertz CT molecular complexity index is 132. The van der Waals surface area contributed by atoms with E-state index in [9.17, 15) is 8.78 Å². The van der Waals surface area contributed by atoms with Crippen LogP contribution in [0, 0.1) is 5.92 Å². The van der Waals surface area contributed by atoms with Crippen LogP contribution in [0.1, 0.15) is 19.3 Å². The van der Waals surface area contributed by atoms with Crippen LogP contribution < -0.4 is 5.32 Å². The molecule has 4 heteroatoms. The molecule has 0 saturated heterocycles. The Morgan fingerprint density at radius 1 is 1.50 bits per heavy atom. The number of nitrogens with one attached hydrogen (secondary N) is 1. The SMILES string of the molecule is CNCC1CCCC1OC(F)F. The zero-order valence-corrected chi connectivity index (χ0v) is 7.22. The van der Waals surface area contributed by atoms with Crippen LogP contribution in [0.15, 0.2) is 0 Å². The number of rotatable bonds is 4. The van der Waals surface area contributed by atoms with Gasteiger partial charge >= 0.3 is 6.61 Å². The van der Waals surface area contributed by atoms with Crippen molar-refractivity contribution in [3.63, 3.8) is 0 Å². The molecule has 0 spiro atoms. The average molecular weight is 179 g/mol. The van der Waals surface area contributed by atoms with Crippen LogP contribution in [0.2, 0.25) is 0 Å². The summed E-state index contributed by atoms with van der Waals surface area (Å²) in [6.45, 7) is -1.84. The van der Waals surface area contributed by atoms with Gasteiger partial charge in [0.15, 0.2) is 0 Å². The van der Waals surface area contributed by atoms with Gasteiger partial charge in [-0.05, 0) is 25.8 Å². The molecule has 0 aromatic carbocycles. The topological polar surface area (TPSA) is 21.3 Å². The van der Waals surface area contributed by atoms with E-state index in [0.29, 0.717) is 0 Å². The first kappa shape index (κ1) is 9.86. The summed E-state index contributed by atoms with van der Waals surface area (Å²) in [6.07, 6.45) is 2.54. The number of ether oxygens (including phenoxy) is 1. The molecular formula is C8H15F2NO. The van der Waals surface area contributed by atoms with Gasteiger partial charge in [-0.2, -0.15) is 8.78 Å². The Hall–Kier alpha value is -0.220. The summed E-state index contributed by atoms with van der Waals surface area (Å²) in [4.78, 5) is 0. The zero-order valence-electron chi connectivity index (χ0n) is 7.22. The lowest BCUT2D eigenvalue weighted by atomic mass is 10.1. The first-order valence-corrected chi connectivity index (χ1v) is 4.32. The molecule has 0 amide bonds. The number of halogens is 2. The third kappa shape index (κ3) is 2.68. The van der Waals surface area contributed by atoms with Crippen molar-refractivity contribution in [1.29, 1.82) is 0 Å². The zero-order chi connectivity index (χ0) is 8.97. The van der Waals surface area contributed by atoms with Crippen LogP contribution in [0.3, 0.4) is 0 Å². The van der Waals surface area contributed by atoms with E-state index >= 15 is 0 Å². The van der Waals surface area contributed by atoms with E-state index in [1.165, 1.54) is 0 Å². The molecule has 1 fully saturated rings. The molecular weight excluding hydrogens is 164 g/mol. The van der Waals surface area contributed by atoms with Crippen molar-refractivity contribution < 1.29 is 13.5 Å². The van der Waals surface area contributed by atoms with Crippen molar-refractivity contribution >= 4 is 0 Å². The van der Waals surface area contributed by atoms with Gasteiger partial charge < -0.3 is 10.1 Å². The molecule has 0 radical (unpaired) electrons. The second-order valence-electron chi connectivity index (χ2n) is 3.18. The van der Waals surface area contributed by atoms with Crippen LogP contribution in [0.5, 0.6) is 0 Å². The molecule has 0 heterocycles. The molecule has 1 rings (SSSR count). The van der Waals surface area contributed by atoms with Gasteiger partial charge in [0.25, 0.3) is 0 Å². The predicted octanol–water partition coefficient (Wildman–Crippen LogP) is 1.61. The van der Waals surface area contributed by atoms with Gasteiger partial charge in [0.05, 0.1) is 6.10 Å². The van der Waals surface area contributed by atoms with E-state index in [0.717, 1.165) is 25.8 Å². The number of alkyl halides is 2. The second-order valence-corrected chi connectivity index (χ2v) is 3.18. The predicted molar refractivity (Wildman–Crippen MR) is 42.1 cm³/mol. The maximum absolute atomic E-state index is 11.9. The van der Waals surface area contributed by atoms with Crippen LogP contribution in [0.25, 0.3) is 0 Å². The largest absolute Gasteiger partial charge is 0.345 e. The summed E-state index contributed by atoms with van der Waals surface area (Å²) in [6, 6.07) is 0. The lowest BCUT2D eigenvalue weighted by Crippen LogP contribution is -2.28. The fraction of sp³-hybridized carbons (Fsp3) is 1.00. The van der Waals surface area contributed by atoms with E-state index < -0.39 is 6.61 Å². The highest BCUT2D eigenvalue weighted by Gasteiger charge is 2.29. The Labute approximate surface area is 71.3 Å². The van der Waals surface area contributed by atoms with E-state index in [1.54, 1.807) is 0 Å². The van der Waals surface area contributed by atoms with Gasteiger partial charge in [-0.1, -0.05) is 6.42 Å². The lowest BCUT2D eigenvalue weighted by Gasteiger charge is -2.18. The molecule has 12 heavy (non-hydrogen) atoms. The van der Waals surface area contributed by atoms with E-state index in [-0.39, 0.29) is 12.0 Å². The van der Waals surface area contributed by atoms with Crippen LogP contribution in [-0.4, -0.2) is 26.3 Å². The quantitative estimate of drug-likeness (QED) is 0.708. The van der Waals surface area contributed by atoms with Crippen molar-refractivity contribution in [1.82, 2.24) is 5.32 Å². The molecule has 0 aliphatic heterocycles. The fourth-order valence-electron chi connectivity index (χ4n) is 1.81. The molecule has 0 aromatic rings. The molecule has 2 nitrogen and oxygen atoms in total. The van der Waals surface area contributed by atoms with Crippen molar-refractivity contribution in [2.45, 2.75) is 32.0 Å². The highest BCUT2D eigenvalue weighted by atomic mass is 19.3. The smallest absolute Gasteiger partial charge is 0.319 e. The third-order valence-corrected chi connectivity index (χ3v) is 2.33. The Morgan fingerprint density at radius 2 is 2.25 bits per heavy atom. The number of hydrogen-bond donors (Lipinski definition) is 1. The van der Waals surface area contributed by atoms with Gasteiger partial charge in [-0.25, -0.2) is 0 Å². The van der Waals surface area contributed by atoms with E-state index in [4.69, 9.17) is 0 Å². The highest BCUT2D eigenvalue weighted by Crippen LogP contribution is 2.28. The lowest BCUT2D eigenvalue weighted by molar-refractivity contribution is -0.170. The Kier molecular flexibility index (Phi) is 3.88. The first-order valence-electron chi connectivity index (χ1n) is 4.32. The van der Waals surface area contributed by atoms with Crippen LogP contribution in [-0.2, 0) is 4.74 Å². The number of hydrogen-bond acceptors (Lipinski definition) is 2. The van der Waals surface area contributed by atoms with Crippen LogP contribution >= 0.6 is 0 Å². The van der Waals surface area contributed by atoms with Crippen molar-refractivity contribution in [3.8, 4) is 0 Å². The molecule has 2 atom stereocenters. The van der Waals surface area contributed by atoms with Crippen molar-refractivity contribution in [3.05, 3.63) is 0 Å². The van der Waals surface area contributed by atoms with E-state index in [1.807, 2.05) is 7.05 Å². The van der Waals surface area contributed by atoms with Crippen molar-refractivity contribution in [2.75, 3.05) is 13.6 Å². The van der Waals surface area contributed by atoms with Gasteiger partial charge in [-0.15, -0.1) is 0 Å². The molecule has 1 aliphatic carbocycles. The Morgan fingerprint density at radius 3 is 2.83 bits per heavy atom. The highest BCUT2D eigenvalue weighted by molar-refractivity contribution is 4.79. The monoisotopic (exact) mass is 179 g/mol. The summed E-state index contributed by atoms with van der Waals surface area (Å²) >= 11 is 0. The third-order valence-electron chi connectivity index (χ3n) is 2.33. The van der Waals surface area contributed by atoms with Crippen molar-refractivity contribution in [2.24, 2.45) is 5.92 Å². The fourth-order valence-corrected chi connectivity index (χ4v) is 1.81. The second kappa shape index (κ2) is 4.72. The van der Waals surface area contributed by atoms with Gasteiger partial charge in [0, 0.05) is 6.54 Å². The molecule has 0 aromatic heterocycles. The normalized spacial score (nSPS) is 30.0. The first-order chi connectivity index (χ1) is 5.74. The summed E-state index contributed by atoms with van der Waals surface area (Å²) in [7, 11) is 1.83. The maximum Gasteiger partial charge on any atom is 0.345 e. The average Bonchev–Trinajstić information content (AvgIpc) is 2.37. The molecule has 1 N–H and O–H groups in total. The van der Waals surface area contributed by atoms with Gasteiger partial charge in [0.2, 0.25) is 0 Å². The molecule has 0 bridgehead atoms. The summed E-state index contributed by atoms with van der Waals surface area (Å²) in [5.74, 6) is 0.268. The molecule has 2 unspecified atom stereocenters. The summed E-state index contributed by atoms with van der Waals surface area (Å²) in [5, 5.41) is 2.99. The van der Waals surface area contributed by atoms with Gasteiger partial charge in [-0.3, -0.25) is 0 Å². The summed E-state index contributed by atoms with van der Waals surface area (Å²) in [5.41, 5.74) is 0. The minimum absolute atomic E-state index is 0.238. The van der Waals surface area contributed by atoms with Gasteiger partial charge in [0.1, 0.15) is 0 Å². The Balaban J connectivity index is 2.30. The molecule has 72 valence electrons. The molecule has 1 aliphatic rings.